The molecule has 0 saturated heterocycles. The molecule has 4 nitrogen and oxygen atoms in total. The molecule has 1 aromatic rings. The van der Waals surface area contributed by atoms with Gasteiger partial charge in [0.05, 0.1) is 19.8 Å². The number of hydrogen-bond donors (Lipinski definition) is 1. The van der Waals surface area contributed by atoms with Gasteiger partial charge in [-0.05, 0) is 31.5 Å². The summed E-state index contributed by atoms with van der Waals surface area (Å²) in [5.74, 6) is 1.59. The lowest BCUT2D eigenvalue weighted by atomic mass is 10.2. The summed E-state index contributed by atoms with van der Waals surface area (Å²) in [7, 11) is 1.70. The zero-order chi connectivity index (χ0) is 15.5. The number of ether oxygens (including phenoxy) is 3. The van der Waals surface area contributed by atoms with Crippen LogP contribution in [0.2, 0.25) is 0 Å². The minimum Gasteiger partial charge on any atom is -0.490 e. The van der Waals surface area contributed by atoms with Crippen LogP contribution >= 0.6 is 0 Å². The Balaban J connectivity index is 2.60. The highest BCUT2D eigenvalue weighted by molar-refractivity contribution is 5.43. The summed E-state index contributed by atoms with van der Waals surface area (Å²) in [4.78, 5) is 0. The molecule has 0 saturated carbocycles. The Hall–Kier alpha value is -1.52. The summed E-state index contributed by atoms with van der Waals surface area (Å²) >= 11 is 0. The van der Waals surface area contributed by atoms with Crippen LogP contribution in [-0.2, 0) is 11.3 Å². The Labute approximate surface area is 128 Å². The van der Waals surface area contributed by atoms with Crippen LogP contribution in [0.1, 0.15) is 25.8 Å². The molecule has 0 aliphatic heterocycles. The van der Waals surface area contributed by atoms with E-state index < -0.39 is 0 Å². The van der Waals surface area contributed by atoms with E-state index in [2.05, 4.69) is 18.0 Å². The van der Waals surface area contributed by atoms with Crippen LogP contribution in [0.5, 0.6) is 11.5 Å². The first-order chi connectivity index (χ1) is 10.2. The van der Waals surface area contributed by atoms with Crippen molar-refractivity contribution in [1.29, 1.82) is 0 Å². The topological polar surface area (TPSA) is 39.7 Å². The van der Waals surface area contributed by atoms with Crippen molar-refractivity contribution in [2.75, 3.05) is 33.5 Å². The largest absolute Gasteiger partial charge is 0.490 e. The first-order valence-corrected chi connectivity index (χ1v) is 7.40. The molecule has 0 unspecified atom stereocenters. The van der Waals surface area contributed by atoms with Gasteiger partial charge in [-0.25, -0.2) is 0 Å². The van der Waals surface area contributed by atoms with Crippen molar-refractivity contribution < 1.29 is 14.2 Å². The Kier molecular flexibility index (Phi) is 8.55. The van der Waals surface area contributed by atoms with Crippen LogP contribution < -0.4 is 14.8 Å². The van der Waals surface area contributed by atoms with Crippen LogP contribution in [0.4, 0.5) is 0 Å². The van der Waals surface area contributed by atoms with Gasteiger partial charge in [0.1, 0.15) is 0 Å². The van der Waals surface area contributed by atoms with Gasteiger partial charge < -0.3 is 19.5 Å². The molecule has 0 aromatic heterocycles. The first-order valence-electron chi connectivity index (χ1n) is 7.40. The summed E-state index contributed by atoms with van der Waals surface area (Å²) < 4.78 is 16.4. The van der Waals surface area contributed by atoms with Gasteiger partial charge in [0.15, 0.2) is 11.5 Å². The van der Waals surface area contributed by atoms with Crippen molar-refractivity contribution in [3.63, 3.8) is 0 Å². The average Bonchev–Trinajstić information content (AvgIpc) is 2.45. The molecule has 1 aromatic carbocycles. The van der Waals surface area contributed by atoms with Gasteiger partial charge in [0.25, 0.3) is 0 Å². The first kappa shape index (κ1) is 17.5. The molecular formula is C17H27NO3. The van der Waals surface area contributed by atoms with Crippen LogP contribution in [0.3, 0.4) is 0 Å². The van der Waals surface area contributed by atoms with Gasteiger partial charge in [-0.3, -0.25) is 0 Å². The summed E-state index contributed by atoms with van der Waals surface area (Å²) in [6.45, 7) is 11.4. The predicted molar refractivity (Wildman–Crippen MR) is 86.1 cm³/mol. The Morgan fingerprint density at radius 1 is 1.19 bits per heavy atom. The van der Waals surface area contributed by atoms with Crippen molar-refractivity contribution in [3.8, 4) is 11.5 Å². The predicted octanol–water partition coefficient (Wildman–Crippen LogP) is 3.17. The monoisotopic (exact) mass is 293 g/mol. The number of benzene rings is 1. The molecule has 0 amide bonds. The van der Waals surface area contributed by atoms with Gasteiger partial charge in [-0.2, -0.15) is 0 Å². The second-order valence-electron chi connectivity index (χ2n) is 4.94. The van der Waals surface area contributed by atoms with Gasteiger partial charge in [0, 0.05) is 26.6 Å². The van der Waals surface area contributed by atoms with Gasteiger partial charge in [-0.15, -0.1) is 6.58 Å². The molecule has 0 heterocycles. The van der Waals surface area contributed by atoms with Crippen LogP contribution in [-0.4, -0.2) is 33.5 Å². The second-order valence-corrected chi connectivity index (χ2v) is 4.94. The van der Waals surface area contributed by atoms with E-state index in [0.29, 0.717) is 19.8 Å². The number of nitrogens with one attached hydrogen (secondary N) is 1. The maximum Gasteiger partial charge on any atom is 0.161 e. The molecule has 0 bridgehead atoms. The lowest BCUT2D eigenvalue weighted by molar-refractivity contribution is 0.199. The highest BCUT2D eigenvalue weighted by Gasteiger charge is 2.06. The molecular weight excluding hydrogens is 266 g/mol. The normalized spacial score (nSPS) is 10.4. The quantitative estimate of drug-likeness (QED) is 0.502. The second kappa shape index (κ2) is 10.2. The highest BCUT2D eigenvalue weighted by atomic mass is 16.5. The maximum absolute atomic E-state index is 5.77. The van der Waals surface area contributed by atoms with Crippen LogP contribution in [0.25, 0.3) is 0 Å². The van der Waals surface area contributed by atoms with Crippen LogP contribution in [0.15, 0.2) is 30.4 Å². The molecule has 0 aliphatic rings. The van der Waals surface area contributed by atoms with Crippen molar-refractivity contribution in [2.24, 2.45) is 0 Å². The van der Waals surface area contributed by atoms with E-state index in [-0.39, 0.29) is 0 Å². The van der Waals surface area contributed by atoms with Crippen molar-refractivity contribution >= 4 is 0 Å². The minimum atomic E-state index is 0.622. The summed E-state index contributed by atoms with van der Waals surface area (Å²) in [5.41, 5.74) is 2.29. The van der Waals surface area contributed by atoms with E-state index in [4.69, 9.17) is 14.2 Å². The number of hydrogen-bond acceptors (Lipinski definition) is 4. The third-order valence-corrected chi connectivity index (χ3v) is 2.91. The smallest absolute Gasteiger partial charge is 0.161 e. The lowest BCUT2D eigenvalue weighted by Crippen LogP contribution is -2.18. The van der Waals surface area contributed by atoms with Crippen LogP contribution in [0, 0.1) is 0 Å². The number of methoxy groups -OCH3 is 1. The van der Waals surface area contributed by atoms with Crippen molar-refractivity contribution in [1.82, 2.24) is 5.32 Å². The van der Waals surface area contributed by atoms with E-state index in [9.17, 15) is 0 Å². The molecule has 0 radical (unpaired) electrons. The van der Waals surface area contributed by atoms with E-state index in [0.717, 1.165) is 36.6 Å². The fourth-order valence-corrected chi connectivity index (χ4v) is 1.79. The van der Waals surface area contributed by atoms with E-state index in [1.807, 2.05) is 26.0 Å². The van der Waals surface area contributed by atoms with E-state index in [1.165, 1.54) is 5.56 Å². The average molecular weight is 293 g/mol. The van der Waals surface area contributed by atoms with Crippen molar-refractivity contribution in [2.45, 2.75) is 26.8 Å². The molecule has 0 spiro atoms. The van der Waals surface area contributed by atoms with Gasteiger partial charge >= 0.3 is 0 Å². The molecule has 21 heavy (non-hydrogen) atoms. The molecule has 0 atom stereocenters. The van der Waals surface area contributed by atoms with Gasteiger partial charge in [0.2, 0.25) is 0 Å². The van der Waals surface area contributed by atoms with E-state index >= 15 is 0 Å². The Bertz CT molecular complexity index is 432. The molecule has 1 N–H and O–H groups in total. The SMILES string of the molecule is C=C(C)CCOc1ccc(CNCCOC)cc1OCC. The third kappa shape index (κ3) is 7.16. The zero-order valence-corrected chi connectivity index (χ0v) is 13.4. The third-order valence-electron chi connectivity index (χ3n) is 2.91. The Morgan fingerprint density at radius 2 is 2.00 bits per heavy atom. The highest BCUT2D eigenvalue weighted by Crippen LogP contribution is 2.28. The number of rotatable bonds is 11. The summed E-state index contributed by atoms with van der Waals surface area (Å²) in [6.07, 6.45) is 0.853. The Morgan fingerprint density at radius 3 is 2.67 bits per heavy atom. The summed E-state index contributed by atoms with van der Waals surface area (Å²) in [5, 5.41) is 3.32. The zero-order valence-electron chi connectivity index (χ0n) is 13.4. The maximum atomic E-state index is 5.77. The fourth-order valence-electron chi connectivity index (χ4n) is 1.79. The van der Waals surface area contributed by atoms with Gasteiger partial charge in [-0.1, -0.05) is 11.6 Å². The molecule has 4 heteroatoms. The van der Waals surface area contributed by atoms with E-state index in [1.54, 1.807) is 7.11 Å². The lowest BCUT2D eigenvalue weighted by Gasteiger charge is -2.14. The molecule has 0 fully saturated rings. The van der Waals surface area contributed by atoms with Crippen molar-refractivity contribution in [3.05, 3.63) is 35.9 Å². The minimum absolute atomic E-state index is 0.622. The standard InChI is InChI=1S/C17H27NO3/c1-5-20-17-12-15(13-18-9-11-19-4)6-7-16(17)21-10-8-14(2)3/h6-7,12,18H,2,5,8-11,13H2,1,3-4H3. The molecule has 118 valence electrons. The molecule has 1 rings (SSSR count). The fraction of sp³-hybridized carbons (Fsp3) is 0.529. The summed E-state index contributed by atoms with van der Waals surface area (Å²) in [6, 6.07) is 6.05. The molecule has 0 aliphatic carbocycles.